The number of carbonyl (C=O) groups excluding carboxylic acids is 1. The van der Waals surface area contributed by atoms with Crippen LogP contribution in [0.15, 0.2) is 29.2 Å². The molecule has 164 valence electrons. The number of amides is 2. The number of benzene rings is 2. The van der Waals surface area contributed by atoms with Crippen molar-refractivity contribution in [2.24, 2.45) is 0 Å². The third-order valence-electron chi connectivity index (χ3n) is 6.07. The zero-order valence-corrected chi connectivity index (χ0v) is 18.1. The first kappa shape index (κ1) is 21.9. The third-order valence-corrected chi connectivity index (χ3v) is 7.12. The molecule has 9 heteroatoms. The van der Waals surface area contributed by atoms with E-state index < -0.39 is 24.1 Å². The average molecular weight is 442 g/mol. The van der Waals surface area contributed by atoms with Crippen molar-refractivity contribution in [3.8, 4) is 5.75 Å². The molecular formula is C22H27BN2O5S. The quantitative estimate of drug-likeness (QED) is 0.423. The molecule has 0 spiro atoms. The molecule has 0 saturated carbocycles. The molecule has 31 heavy (non-hydrogen) atoms. The lowest BCUT2D eigenvalue weighted by Gasteiger charge is -2.16. The SMILES string of the molecule is O=C(Nc1c2c(cc3c1CCC3)CCC2)NS(=O)c1ccc(O)c(CCCB(O)O)c1. The molecule has 0 saturated heterocycles. The molecule has 0 heterocycles. The van der Waals surface area contributed by atoms with Gasteiger partial charge in [0.2, 0.25) is 0 Å². The summed E-state index contributed by atoms with van der Waals surface area (Å²) in [5, 5.41) is 30.9. The highest BCUT2D eigenvalue weighted by Crippen LogP contribution is 2.38. The highest BCUT2D eigenvalue weighted by Gasteiger charge is 2.25. The highest BCUT2D eigenvalue weighted by atomic mass is 32.2. The Balaban J connectivity index is 1.45. The molecule has 0 radical (unpaired) electrons. The van der Waals surface area contributed by atoms with Crippen LogP contribution in [0.1, 0.15) is 47.1 Å². The van der Waals surface area contributed by atoms with E-state index in [1.165, 1.54) is 34.4 Å². The second kappa shape index (κ2) is 9.42. The van der Waals surface area contributed by atoms with E-state index in [9.17, 15) is 14.1 Å². The number of rotatable bonds is 7. The van der Waals surface area contributed by atoms with Gasteiger partial charge in [-0.1, -0.05) is 12.5 Å². The molecule has 2 aliphatic rings. The van der Waals surface area contributed by atoms with Crippen molar-refractivity contribution in [2.45, 2.75) is 62.6 Å². The number of nitrogens with one attached hydrogen (secondary N) is 2. The first-order valence-corrected chi connectivity index (χ1v) is 11.9. The van der Waals surface area contributed by atoms with Gasteiger partial charge in [0.15, 0.2) is 11.0 Å². The molecule has 1 unspecified atom stereocenters. The van der Waals surface area contributed by atoms with Crippen LogP contribution in [0.25, 0.3) is 0 Å². The molecular weight excluding hydrogens is 415 g/mol. The van der Waals surface area contributed by atoms with Gasteiger partial charge in [-0.05, 0) is 97.3 Å². The third kappa shape index (κ3) is 4.94. The van der Waals surface area contributed by atoms with Crippen molar-refractivity contribution in [2.75, 3.05) is 5.32 Å². The largest absolute Gasteiger partial charge is 0.508 e. The van der Waals surface area contributed by atoms with Crippen molar-refractivity contribution in [3.63, 3.8) is 0 Å². The predicted molar refractivity (Wildman–Crippen MR) is 120 cm³/mol. The molecule has 0 fully saturated rings. The summed E-state index contributed by atoms with van der Waals surface area (Å²) in [5.74, 6) is 0.0491. The Labute approximate surface area is 184 Å². The fraction of sp³-hybridized carbons (Fsp3) is 0.409. The number of carbonyl (C=O) groups is 1. The first-order chi connectivity index (χ1) is 14.9. The van der Waals surface area contributed by atoms with E-state index in [0.717, 1.165) is 44.2 Å². The number of aromatic hydroxyl groups is 1. The lowest BCUT2D eigenvalue weighted by Crippen LogP contribution is -2.31. The fourth-order valence-electron chi connectivity index (χ4n) is 4.60. The minimum Gasteiger partial charge on any atom is -0.508 e. The Morgan fingerprint density at radius 3 is 2.35 bits per heavy atom. The maximum atomic E-state index is 12.7. The number of fused-ring (bicyclic) bond motifs is 2. The van der Waals surface area contributed by atoms with Crippen LogP contribution >= 0.6 is 0 Å². The van der Waals surface area contributed by atoms with Crippen LogP contribution in [-0.2, 0) is 43.1 Å². The number of hydrogen-bond acceptors (Lipinski definition) is 5. The van der Waals surface area contributed by atoms with Crippen molar-refractivity contribution >= 4 is 29.8 Å². The minimum atomic E-state index is -1.79. The van der Waals surface area contributed by atoms with Crippen molar-refractivity contribution in [1.82, 2.24) is 4.72 Å². The van der Waals surface area contributed by atoms with Gasteiger partial charge in [-0.3, -0.25) is 4.72 Å². The van der Waals surface area contributed by atoms with Gasteiger partial charge in [-0.15, -0.1) is 0 Å². The lowest BCUT2D eigenvalue weighted by atomic mass is 9.83. The van der Waals surface area contributed by atoms with Crippen LogP contribution in [0.3, 0.4) is 0 Å². The zero-order valence-electron chi connectivity index (χ0n) is 17.3. The van der Waals surface area contributed by atoms with E-state index in [0.29, 0.717) is 23.3 Å². The van der Waals surface area contributed by atoms with Gasteiger partial charge in [0.05, 0.1) is 4.90 Å². The monoisotopic (exact) mass is 442 g/mol. The highest BCUT2D eigenvalue weighted by molar-refractivity contribution is 7.83. The van der Waals surface area contributed by atoms with Gasteiger partial charge >= 0.3 is 13.1 Å². The molecule has 0 aliphatic heterocycles. The molecule has 0 aromatic heterocycles. The number of anilines is 1. The van der Waals surface area contributed by atoms with Gasteiger partial charge in [0, 0.05) is 5.69 Å². The van der Waals surface area contributed by atoms with Crippen LogP contribution in [-0.4, -0.2) is 32.5 Å². The van der Waals surface area contributed by atoms with Gasteiger partial charge < -0.3 is 20.5 Å². The minimum absolute atomic E-state index is 0.0491. The number of phenolic OH excluding ortho intramolecular Hbond substituents is 1. The first-order valence-electron chi connectivity index (χ1n) is 10.8. The molecule has 7 nitrogen and oxygen atoms in total. The summed E-state index contributed by atoms with van der Waals surface area (Å²) in [6.07, 6.45) is 7.19. The van der Waals surface area contributed by atoms with Gasteiger partial charge in [0.25, 0.3) is 0 Å². The number of hydrogen-bond donors (Lipinski definition) is 5. The van der Waals surface area contributed by atoms with Crippen molar-refractivity contribution < 1.29 is 24.2 Å². The van der Waals surface area contributed by atoms with E-state index in [-0.39, 0.29) is 12.1 Å². The van der Waals surface area contributed by atoms with E-state index in [2.05, 4.69) is 16.1 Å². The summed E-state index contributed by atoms with van der Waals surface area (Å²) in [6.45, 7) is 0. The average Bonchev–Trinajstić information content (AvgIpc) is 3.38. The second-order valence-corrected chi connectivity index (χ2v) is 9.44. The Morgan fingerprint density at radius 2 is 1.71 bits per heavy atom. The molecule has 2 aromatic rings. The zero-order chi connectivity index (χ0) is 22.0. The summed E-state index contributed by atoms with van der Waals surface area (Å²) in [5.41, 5.74) is 6.49. The second-order valence-electron chi connectivity index (χ2n) is 8.22. The maximum absolute atomic E-state index is 12.7. The molecule has 2 aliphatic carbocycles. The number of aryl methyl sites for hydroxylation is 3. The normalized spacial score (nSPS) is 15.3. The molecule has 0 bridgehead atoms. The topological polar surface area (TPSA) is 119 Å². The fourth-order valence-corrected chi connectivity index (χ4v) is 5.38. The Kier molecular flexibility index (Phi) is 6.64. The summed E-state index contributed by atoms with van der Waals surface area (Å²) < 4.78 is 15.2. The van der Waals surface area contributed by atoms with Crippen LogP contribution in [0.4, 0.5) is 10.5 Å². The van der Waals surface area contributed by atoms with Crippen LogP contribution < -0.4 is 10.0 Å². The van der Waals surface area contributed by atoms with Crippen molar-refractivity contribution in [3.05, 3.63) is 52.1 Å². The summed E-state index contributed by atoms with van der Waals surface area (Å²) >= 11 is 0. The van der Waals surface area contributed by atoms with Gasteiger partial charge in [-0.2, -0.15) is 0 Å². The van der Waals surface area contributed by atoms with E-state index in [4.69, 9.17) is 10.0 Å². The standard InChI is InChI=1S/C22H27BN2O5S/c26-20-10-9-17(13-16(20)6-3-11-23(28)29)31(30)25-22(27)24-21-18-7-1-4-14(18)12-15-5-2-8-19(15)21/h9-10,12-13,26,28-29H,1-8,11H2,(H2,24,25,27). The van der Waals surface area contributed by atoms with Crippen molar-refractivity contribution in [1.29, 1.82) is 0 Å². The molecule has 4 rings (SSSR count). The molecule has 2 aromatic carbocycles. The van der Waals surface area contributed by atoms with Gasteiger partial charge in [0.1, 0.15) is 5.75 Å². The molecule has 2 amide bonds. The van der Waals surface area contributed by atoms with E-state index >= 15 is 0 Å². The van der Waals surface area contributed by atoms with Gasteiger partial charge in [-0.25, -0.2) is 9.00 Å². The van der Waals surface area contributed by atoms with Crippen LogP contribution in [0, 0.1) is 0 Å². The summed E-state index contributed by atoms with van der Waals surface area (Å²) in [6, 6.07) is 6.31. The Hall–Kier alpha value is -2.36. The molecule has 1 atom stereocenters. The maximum Gasteiger partial charge on any atom is 0.451 e. The predicted octanol–water partition coefficient (Wildman–Crippen LogP) is 2.62. The number of phenols is 1. The van der Waals surface area contributed by atoms with Crippen LogP contribution in [0.2, 0.25) is 6.32 Å². The number of urea groups is 1. The summed E-state index contributed by atoms with van der Waals surface area (Å²) in [7, 11) is -3.19. The lowest BCUT2D eigenvalue weighted by molar-refractivity contribution is 0.257. The van der Waals surface area contributed by atoms with Crippen LogP contribution in [0.5, 0.6) is 5.75 Å². The Morgan fingerprint density at radius 1 is 1.03 bits per heavy atom. The molecule has 5 N–H and O–H groups in total. The van der Waals surface area contributed by atoms with E-state index in [1.54, 1.807) is 6.07 Å². The summed E-state index contributed by atoms with van der Waals surface area (Å²) in [4.78, 5) is 13.0. The Bertz CT molecular complexity index is 995. The van der Waals surface area contributed by atoms with E-state index in [1.807, 2.05) is 0 Å². The smallest absolute Gasteiger partial charge is 0.451 e.